The molecule has 0 aliphatic heterocycles. The van der Waals surface area contributed by atoms with Gasteiger partial charge in [-0.2, -0.15) is 0 Å². The summed E-state index contributed by atoms with van der Waals surface area (Å²) in [5, 5.41) is 2.93. The number of nitrogens with one attached hydrogen (secondary N) is 1. The first-order chi connectivity index (χ1) is 8.69. The maximum atomic E-state index is 11.3. The molecule has 6 heteroatoms. The molecular weight excluding hydrogens is 252 g/mol. The smallest absolute Gasteiger partial charge is 0.225 e. The molecular formula is C12H11ClN4O. The van der Waals surface area contributed by atoms with Crippen LogP contribution in [0.15, 0.2) is 30.6 Å². The maximum absolute atomic E-state index is 11.3. The van der Waals surface area contributed by atoms with E-state index >= 15 is 0 Å². The summed E-state index contributed by atoms with van der Waals surface area (Å²) in [7, 11) is 0. The van der Waals surface area contributed by atoms with E-state index < -0.39 is 0 Å². The van der Waals surface area contributed by atoms with Gasteiger partial charge in [0.15, 0.2) is 5.82 Å². The first kappa shape index (κ1) is 12.4. The van der Waals surface area contributed by atoms with E-state index in [1.807, 2.05) is 0 Å². The van der Waals surface area contributed by atoms with Gasteiger partial charge in [-0.3, -0.25) is 9.78 Å². The lowest BCUT2D eigenvalue weighted by molar-refractivity contribution is -0.115. The van der Waals surface area contributed by atoms with Crippen LogP contribution in [0.1, 0.15) is 13.3 Å². The highest BCUT2D eigenvalue weighted by Crippen LogP contribution is 2.19. The first-order valence-corrected chi connectivity index (χ1v) is 5.81. The number of carbonyl (C=O) groups excluding carboxylic acids is 1. The van der Waals surface area contributed by atoms with Crippen molar-refractivity contribution in [3.05, 3.63) is 35.7 Å². The van der Waals surface area contributed by atoms with Crippen molar-refractivity contribution in [2.75, 3.05) is 5.32 Å². The highest BCUT2D eigenvalue weighted by molar-refractivity contribution is 6.29. The van der Waals surface area contributed by atoms with E-state index in [0.717, 1.165) is 5.56 Å². The second-order valence-corrected chi connectivity index (χ2v) is 3.92. The topological polar surface area (TPSA) is 67.8 Å². The lowest BCUT2D eigenvalue weighted by atomic mass is 10.2. The van der Waals surface area contributed by atoms with Crippen molar-refractivity contribution in [3.63, 3.8) is 0 Å². The zero-order chi connectivity index (χ0) is 13.0. The molecule has 1 N–H and O–H groups in total. The standard InChI is InChI=1S/C12H11ClN4O/c1-2-11(18)16-10-7-9(13)15-12(17-10)8-3-5-14-6-4-8/h3-7H,2H2,1H3,(H,15,16,17,18). The number of nitrogens with zero attached hydrogens (tertiary/aromatic N) is 3. The Morgan fingerprint density at radius 2 is 2.06 bits per heavy atom. The van der Waals surface area contributed by atoms with Gasteiger partial charge < -0.3 is 5.32 Å². The Labute approximate surface area is 109 Å². The fraction of sp³-hybridized carbons (Fsp3) is 0.167. The van der Waals surface area contributed by atoms with Gasteiger partial charge in [-0.1, -0.05) is 18.5 Å². The molecule has 0 atom stereocenters. The van der Waals surface area contributed by atoms with Crippen LogP contribution in [0.3, 0.4) is 0 Å². The highest BCUT2D eigenvalue weighted by atomic mass is 35.5. The number of rotatable bonds is 3. The van der Waals surface area contributed by atoms with Gasteiger partial charge in [0.1, 0.15) is 11.0 Å². The summed E-state index contributed by atoms with van der Waals surface area (Å²) in [6.45, 7) is 1.77. The van der Waals surface area contributed by atoms with Gasteiger partial charge in [0.05, 0.1) is 0 Å². The van der Waals surface area contributed by atoms with Crippen LogP contribution in [0.2, 0.25) is 5.15 Å². The average Bonchev–Trinajstić information content (AvgIpc) is 2.39. The molecule has 2 heterocycles. The summed E-state index contributed by atoms with van der Waals surface area (Å²) in [4.78, 5) is 23.6. The molecule has 0 radical (unpaired) electrons. The monoisotopic (exact) mass is 262 g/mol. The molecule has 0 bridgehead atoms. The lowest BCUT2D eigenvalue weighted by Crippen LogP contribution is -2.11. The lowest BCUT2D eigenvalue weighted by Gasteiger charge is -2.06. The van der Waals surface area contributed by atoms with E-state index in [1.165, 1.54) is 6.07 Å². The van der Waals surface area contributed by atoms with Crippen molar-refractivity contribution in [2.24, 2.45) is 0 Å². The molecule has 0 aliphatic carbocycles. The third-order valence-corrected chi connectivity index (χ3v) is 2.42. The fourth-order valence-corrected chi connectivity index (χ4v) is 1.53. The van der Waals surface area contributed by atoms with Gasteiger partial charge in [-0.15, -0.1) is 0 Å². The number of aromatic nitrogens is 3. The van der Waals surface area contributed by atoms with E-state index in [0.29, 0.717) is 18.1 Å². The molecule has 0 saturated carbocycles. The molecule has 2 rings (SSSR count). The molecule has 0 aliphatic rings. The third-order valence-electron chi connectivity index (χ3n) is 2.22. The summed E-state index contributed by atoms with van der Waals surface area (Å²) < 4.78 is 0. The van der Waals surface area contributed by atoms with Crippen molar-refractivity contribution < 1.29 is 4.79 Å². The van der Waals surface area contributed by atoms with Gasteiger partial charge in [-0.05, 0) is 12.1 Å². The first-order valence-electron chi connectivity index (χ1n) is 5.44. The van der Waals surface area contributed by atoms with Crippen LogP contribution < -0.4 is 5.32 Å². The summed E-state index contributed by atoms with van der Waals surface area (Å²) in [5.41, 5.74) is 0.791. The van der Waals surface area contributed by atoms with Crippen molar-refractivity contribution in [1.82, 2.24) is 15.0 Å². The predicted octanol–water partition coefficient (Wildman–Crippen LogP) is 2.54. The van der Waals surface area contributed by atoms with Crippen LogP contribution in [0, 0.1) is 0 Å². The molecule has 0 spiro atoms. The van der Waals surface area contributed by atoms with Crippen molar-refractivity contribution in [3.8, 4) is 11.4 Å². The molecule has 2 aromatic rings. The van der Waals surface area contributed by atoms with Crippen molar-refractivity contribution in [2.45, 2.75) is 13.3 Å². The van der Waals surface area contributed by atoms with Crippen LogP contribution in [0.25, 0.3) is 11.4 Å². The molecule has 0 unspecified atom stereocenters. The van der Waals surface area contributed by atoms with Crippen molar-refractivity contribution in [1.29, 1.82) is 0 Å². The molecule has 0 saturated heterocycles. The maximum Gasteiger partial charge on any atom is 0.225 e. The average molecular weight is 263 g/mol. The number of carbonyl (C=O) groups is 1. The zero-order valence-electron chi connectivity index (χ0n) is 9.72. The molecule has 18 heavy (non-hydrogen) atoms. The van der Waals surface area contributed by atoms with Gasteiger partial charge in [-0.25, -0.2) is 9.97 Å². The molecule has 0 aromatic carbocycles. The Kier molecular flexibility index (Phi) is 3.84. The van der Waals surface area contributed by atoms with Crippen LogP contribution in [0.4, 0.5) is 5.82 Å². The van der Waals surface area contributed by atoms with Gasteiger partial charge in [0, 0.05) is 30.4 Å². The second-order valence-electron chi connectivity index (χ2n) is 3.54. The Morgan fingerprint density at radius 3 is 2.72 bits per heavy atom. The van der Waals surface area contributed by atoms with E-state index in [4.69, 9.17) is 11.6 Å². The van der Waals surface area contributed by atoms with Crippen LogP contribution >= 0.6 is 11.6 Å². The summed E-state index contributed by atoms with van der Waals surface area (Å²) in [6, 6.07) is 5.06. The molecule has 0 fully saturated rings. The predicted molar refractivity (Wildman–Crippen MR) is 69.2 cm³/mol. The minimum Gasteiger partial charge on any atom is -0.311 e. The Morgan fingerprint density at radius 1 is 1.33 bits per heavy atom. The third kappa shape index (κ3) is 3.01. The molecule has 2 aromatic heterocycles. The molecule has 5 nitrogen and oxygen atoms in total. The number of amides is 1. The minimum absolute atomic E-state index is 0.120. The van der Waals surface area contributed by atoms with Crippen LogP contribution in [-0.4, -0.2) is 20.9 Å². The summed E-state index contributed by atoms with van der Waals surface area (Å²) in [5.74, 6) is 0.732. The number of hydrogen-bond acceptors (Lipinski definition) is 4. The Balaban J connectivity index is 2.35. The molecule has 92 valence electrons. The highest BCUT2D eigenvalue weighted by Gasteiger charge is 2.07. The Bertz CT molecular complexity index is 559. The van der Waals surface area contributed by atoms with Gasteiger partial charge in [0.2, 0.25) is 5.91 Å². The van der Waals surface area contributed by atoms with E-state index in [2.05, 4.69) is 20.3 Å². The van der Waals surface area contributed by atoms with Gasteiger partial charge >= 0.3 is 0 Å². The number of anilines is 1. The molecule has 1 amide bonds. The fourth-order valence-electron chi connectivity index (χ4n) is 1.34. The van der Waals surface area contributed by atoms with E-state index in [9.17, 15) is 4.79 Å². The number of hydrogen-bond donors (Lipinski definition) is 1. The SMILES string of the molecule is CCC(=O)Nc1cc(Cl)nc(-c2ccncc2)n1. The van der Waals surface area contributed by atoms with Gasteiger partial charge in [0.25, 0.3) is 0 Å². The summed E-state index contributed by atoms with van der Waals surface area (Å²) >= 11 is 5.91. The second kappa shape index (κ2) is 5.55. The van der Waals surface area contributed by atoms with E-state index in [-0.39, 0.29) is 11.1 Å². The Hall–Kier alpha value is -2.01. The zero-order valence-corrected chi connectivity index (χ0v) is 10.5. The normalized spacial score (nSPS) is 10.1. The minimum atomic E-state index is -0.120. The number of halogens is 1. The summed E-state index contributed by atoms with van der Waals surface area (Å²) in [6.07, 6.45) is 3.67. The largest absolute Gasteiger partial charge is 0.311 e. The quantitative estimate of drug-likeness (QED) is 0.863. The van der Waals surface area contributed by atoms with Crippen LogP contribution in [-0.2, 0) is 4.79 Å². The van der Waals surface area contributed by atoms with Crippen LogP contribution in [0.5, 0.6) is 0 Å². The van der Waals surface area contributed by atoms with E-state index in [1.54, 1.807) is 31.5 Å². The number of pyridine rings is 1. The van der Waals surface area contributed by atoms with Crippen molar-refractivity contribution >= 4 is 23.3 Å².